The van der Waals surface area contributed by atoms with E-state index in [0.29, 0.717) is 12.1 Å². The Hall–Kier alpha value is -0.840. The number of aromatic nitrogens is 2. The summed E-state index contributed by atoms with van der Waals surface area (Å²) in [5.74, 6) is 1.66. The molecule has 3 unspecified atom stereocenters. The lowest BCUT2D eigenvalue weighted by Gasteiger charge is -2.39. The Balaban J connectivity index is 2.19. The number of nitrogens with zero attached hydrogens (tertiary/aromatic N) is 3. The molecule has 1 aromatic rings. The maximum absolute atomic E-state index is 5.88. The van der Waals surface area contributed by atoms with E-state index in [1.165, 1.54) is 31.0 Å². The number of rotatable bonds is 4. The van der Waals surface area contributed by atoms with Crippen LogP contribution in [0.2, 0.25) is 0 Å². The molecule has 2 heterocycles. The number of ether oxygens (including phenoxy) is 1. The molecule has 3 atom stereocenters. The largest absolute Gasteiger partial charge is 0.471 e. The first-order chi connectivity index (χ1) is 8.63. The molecular formula is C13H23N3OS. The highest BCUT2D eigenvalue weighted by molar-refractivity contribution is 6.99. The van der Waals surface area contributed by atoms with Crippen molar-refractivity contribution in [3.63, 3.8) is 0 Å². The molecule has 1 aliphatic heterocycles. The van der Waals surface area contributed by atoms with E-state index >= 15 is 0 Å². The van der Waals surface area contributed by atoms with Gasteiger partial charge in [-0.05, 0) is 46.5 Å². The topological polar surface area (TPSA) is 38.3 Å². The third kappa shape index (κ3) is 2.76. The first-order valence-corrected chi connectivity index (χ1v) is 7.64. The first-order valence-electron chi connectivity index (χ1n) is 6.91. The Labute approximate surface area is 114 Å². The summed E-state index contributed by atoms with van der Waals surface area (Å²) in [5, 5.41) is 0. The molecule has 1 saturated heterocycles. The summed E-state index contributed by atoms with van der Waals surface area (Å²) in [7, 11) is 0. The Morgan fingerprint density at radius 3 is 2.61 bits per heavy atom. The Kier molecular flexibility index (Phi) is 4.43. The van der Waals surface area contributed by atoms with Gasteiger partial charge in [0.25, 0.3) is 5.88 Å². The van der Waals surface area contributed by atoms with Crippen LogP contribution >= 0.6 is 11.7 Å². The second-order valence-electron chi connectivity index (χ2n) is 5.27. The van der Waals surface area contributed by atoms with Gasteiger partial charge >= 0.3 is 0 Å². The molecule has 0 bridgehead atoms. The molecule has 0 N–H and O–H groups in total. The van der Waals surface area contributed by atoms with Crippen LogP contribution in [0.1, 0.15) is 53.4 Å². The van der Waals surface area contributed by atoms with Gasteiger partial charge in [0, 0.05) is 12.1 Å². The van der Waals surface area contributed by atoms with Crippen molar-refractivity contribution < 1.29 is 4.74 Å². The van der Waals surface area contributed by atoms with E-state index in [4.69, 9.17) is 4.74 Å². The molecule has 1 fully saturated rings. The summed E-state index contributed by atoms with van der Waals surface area (Å²) < 4.78 is 14.7. The normalized spacial score (nSPS) is 26.1. The summed E-state index contributed by atoms with van der Waals surface area (Å²) in [6, 6.07) is 1.05. The fourth-order valence-corrected chi connectivity index (χ4v) is 3.01. The maximum atomic E-state index is 5.88. The average molecular weight is 269 g/mol. The van der Waals surface area contributed by atoms with Gasteiger partial charge in [-0.15, -0.1) is 4.37 Å². The minimum absolute atomic E-state index is 0.197. The molecule has 0 radical (unpaired) electrons. The molecule has 0 amide bonds. The first kappa shape index (κ1) is 13.6. The zero-order valence-electron chi connectivity index (χ0n) is 11.7. The van der Waals surface area contributed by atoms with Crippen LogP contribution in [-0.2, 0) is 0 Å². The summed E-state index contributed by atoms with van der Waals surface area (Å²) in [6.45, 7) is 8.73. The smallest absolute Gasteiger partial charge is 0.271 e. The van der Waals surface area contributed by atoms with Gasteiger partial charge in [0.1, 0.15) is 0 Å². The van der Waals surface area contributed by atoms with Crippen LogP contribution in [0.25, 0.3) is 0 Å². The highest BCUT2D eigenvalue weighted by Crippen LogP contribution is 2.34. The molecule has 0 aromatic carbocycles. The van der Waals surface area contributed by atoms with E-state index in [1.54, 1.807) is 0 Å². The average Bonchev–Trinajstić information content (AvgIpc) is 2.77. The van der Waals surface area contributed by atoms with E-state index in [9.17, 15) is 0 Å². The van der Waals surface area contributed by atoms with Gasteiger partial charge in [0.05, 0.1) is 17.8 Å². The van der Waals surface area contributed by atoms with Crippen LogP contribution in [0, 0.1) is 0 Å². The number of piperidine rings is 1. The highest BCUT2D eigenvalue weighted by atomic mass is 32.1. The van der Waals surface area contributed by atoms with Crippen LogP contribution in [0.15, 0.2) is 0 Å². The molecule has 1 aliphatic rings. The summed E-state index contributed by atoms with van der Waals surface area (Å²) in [6.07, 6.45) is 4.94. The highest BCUT2D eigenvalue weighted by Gasteiger charge is 2.30. The maximum Gasteiger partial charge on any atom is 0.271 e. The minimum atomic E-state index is 0.197. The van der Waals surface area contributed by atoms with Gasteiger partial charge in [-0.25, -0.2) is 0 Å². The molecule has 0 aliphatic carbocycles. The number of hydrogen-bond donors (Lipinski definition) is 0. The minimum Gasteiger partial charge on any atom is -0.471 e. The monoisotopic (exact) mass is 269 g/mol. The lowest BCUT2D eigenvalue weighted by Crippen LogP contribution is -2.44. The zero-order valence-corrected chi connectivity index (χ0v) is 12.5. The summed E-state index contributed by atoms with van der Waals surface area (Å²) in [5.41, 5.74) is 0. The van der Waals surface area contributed by atoms with Crippen molar-refractivity contribution in [1.82, 2.24) is 8.75 Å². The fourth-order valence-electron chi connectivity index (χ4n) is 2.52. The van der Waals surface area contributed by atoms with Crippen LogP contribution in [0.4, 0.5) is 5.82 Å². The lowest BCUT2D eigenvalue weighted by atomic mass is 9.98. The third-order valence-electron chi connectivity index (χ3n) is 3.77. The van der Waals surface area contributed by atoms with E-state index in [1.807, 2.05) is 0 Å². The molecule has 4 nitrogen and oxygen atoms in total. The predicted molar refractivity (Wildman–Crippen MR) is 75.5 cm³/mol. The third-order valence-corrected chi connectivity index (χ3v) is 4.27. The molecule has 18 heavy (non-hydrogen) atoms. The Morgan fingerprint density at radius 2 is 2.00 bits per heavy atom. The predicted octanol–water partition coefficient (Wildman–Crippen LogP) is 3.48. The second kappa shape index (κ2) is 5.87. The quantitative estimate of drug-likeness (QED) is 0.838. The van der Waals surface area contributed by atoms with Crippen LogP contribution in [-0.4, -0.2) is 26.9 Å². The van der Waals surface area contributed by atoms with Gasteiger partial charge in [-0.3, -0.25) is 0 Å². The lowest BCUT2D eigenvalue weighted by molar-refractivity contribution is 0.209. The SMILES string of the molecule is CCC(C)Oc1nsnc1N1C(C)CCCC1C. The molecule has 5 heteroatoms. The van der Waals surface area contributed by atoms with Crippen LogP contribution < -0.4 is 9.64 Å². The number of anilines is 1. The zero-order chi connectivity index (χ0) is 13.1. The van der Waals surface area contributed by atoms with Crippen molar-refractivity contribution in [3.05, 3.63) is 0 Å². The Morgan fingerprint density at radius 1 is 1.33 bits per heavy atom. The number of hydrogen-bond acceptors (Lipinski definition) is 5. The van der Waals surface area contributed by atoms with Gasteiger partial charge < -0.3 is 9.64 Å². The van der Waals surface area contributed by atoms with Crippen molar-refractivity contribution >= 4 is 17.5 Å². The fraction of sp³-hybridized carbons (Fsp3) is 0.846. The van der Waals surface area contributed by atoms with Crippen LogP contribution in [0.5, 0.6) is 5.88 Å². The molecule has 102 valence electrons. The van der Waals surface area contributed by atoms with E-state index in [-0.39, 0.29) is 6.10 Å². The molecular weight excluding hydrogens is 246 g/mol. The van der Waals surface area contributed by atoms with Gasteiger partial charge in [0.2, 0.25) is 5.82 Å². The summed E-state index contributed by atoms with van der Waals surface area (Å²) in [4.78, 5) is 2.38. The molecule has 1 aromatic heterocycles. The van der Waals surface area contributed by atoms with Crippen molar-refractivity contribution in [2.75, 3.05) is 4.90 Å². The van der Waals surface area contributed by atoms with E-state index in [0.717, 1.165) is 18.1 Å². The van der Waals surface area contributed by atoms with Gasteiger partial charge in [-0.1, -0.05) is 6.92 Å². The standard InChI is InChI=1S/C13H23N3OS/c1-5-11(4)17-13-12(14-18-15-13)16-9(2)7-6-8-10(16)3/h9-11H,5-8H2,1-4H3. The van der Waals surface area contributed by atoms with Crippen LogP contribution in [0.3, 0.4) is 0 Å². The van der Waals surface area contributed by atoms with E-state index < -0.39 is 0 Å². The van der Waals surface area contributed by atoms with Crippen molar-refractivity contribution in [3.8, 4) is 5.88 Å². The van der Waals surface area contributed by atoms with E-state index in [2.05, 4.69) is 41.3 Å². The summed E-state index contributed by atoms with van der Waals surface area (Å²) >= 11 is 1.25. The second-order valence-corrected chi connectivity index (χ2v) is 5.79. The van der Waals surface area contributed by atoms with Gasteiger partial charge in [-0.2, -0.15) is 4.37 Å². The molecule has 0 saturated carbocycles. The van der Waals surface area contributed by atoms with Crippen molar-refractivity contribution in [2.45, 2.75) is 71.6 Å². The molecule has 2 rings (SSSR count). The Bertz CT molecular complexity index is 372. The van der Waals surface area contributed by atoms with Gasteiger partial charge in [0.15, 0.2) is 0 Å². The van der Waals surface area contributed by atoms with Crippen molar-refractivity contribution in [2.24, 2.45) is 0 Å². The van der Waals surface area contributed by atoms with Crippen molar-refractivity contribution in [1.29, 1.82) is 0 Å². The molecule has 0 spiro atoms.